The zero-order valence-corrected chi connectivity index (χ0v) is 39.4. The third-order valence-electron chi connectivity index (χ3n) is 13.7. The molecular weight excluding hydrogens is 845 g/mol. The molecule has 0 radical (unpaired) electrons. The fourth-order valence-electron chi connectivity index (χ4n) is 10.1. The summed E-state index contributed by atoms with van der Waals surface area (Å²) in [6.45, 7) is 13.7. The number of likely N-dealkylation sites (tertiary alicyclic amines) is 1. The zero-order valence-electron chi connectivity index (χ0n) is 37.9. The molecule has 3 aliphatic rings. The fourth-order valence-corrected chi connectivity index (χ4v) is 10.5. The highest BCUT2D eigenvalue weighted by Crippen LogP contribution is 2.34. The monoisotopic (exact) mass is 909 g/mol. The van der Waals surface area contributed by atoms with Gasteiger partial charge in [0.1, 0.15) is 17.3 Å². The maximum Gasteiger partial charge on any atom is 0.136 e. The number of rotatable bonds is 13. The summed E-state index contributed by atoms with van der Waals surface area (Å²) >= 11 is 12.9. The molecule has 64 heavy (non-hydrogen) atoms. The number of hydrogen-bond acceptors (Lipinski definition) is 8. The first-order valence-electron chi connectivity index (χ1n) is 23.4. The summed E-state index contributed by atoms with van der Waals surface area (Å²) in [6.07, 6.45) is 9.49. The van der Waals surface area contributed by atoms with Crippen LogP contribution in [0.3, 0.4) is 0 Å². The van der Waals surface area contributed by atoms with Crippen molar-refractivity contribution in [2.45, 2.75) is 89.5 Å². The minimum Gasteiger partial charge on any atom is -0.457 e. The van der Waals surface area contributed by atoms with Crippen molar-refractivity contribution in [2.24, 2.45) is 5.92 Å². The van der Waals surface area contributed by atoms with Gasteiger partial charge in [0.05, 0.1) is 18.6 Å². The quantitative estimate of drug-likeness (QED) is 0.121. The lowest BCUT2D eigenvalue weighted by Gasteiger charge is -2.46. The molecule has 3 fully saturated rings. The minimum atomic E-state index is -0.370. The first-order chi connectivity index (χ1) is 31.1. The van der Waals surface area contributed by atoms with Gasteiger partial charge in [0, 0.05) is 91.0 Å². The molecule has 342 valence electrons. The van der Waals surface area contributed by atoms with E-state index < -0.39 is 0 Å². The average molecular weight is 911 g/mol. The van der Waals surface area contributed by atoms with Gasteiger partial charge in [-0.05, 0) is 151 Å². The Labute approximate surface area is 390 Å². The summed E-state index contributed by atoms with van der Waals surface area (Å²) in [5, 5.41) is 9.02. The summed E-state index contributed by atoms with van der Waals surface area (Å²) in [5.74, 6) is 1.06. The lowest BCUT2D eigenvalue weighted by Crippen LogP contribution is -2.62. The van der Waals surface area contributed by atoms with E-state index in [4.69, 9.17) is 37.7 Å². The molecule has 3 saturated heterocycles. The van der Waals surface area contributed by atoms with E-state index in [2.05, 4.69) is 86.2 Å². The molecule has 1 unspecified atom stereocenters. The minimum absolute atomic E-state index is 0.0681. The number of nitrogens with zero attached hydrogens (tertiary/aromatic N) is 5. The van der Waals surface area contributed by atoms with Gasteiger partial charge in [-0.1, -0.05) is 65.7 Å². The van der Waals surface area contributed by atoms with Crippen molar-refractivity contribution >= 4 is 23.2 Å². The SMILES string of the molecule is COC[C@@H]1CN[C@@]2(Cc3ccc(Cl)cc3)CCCN(C[C@H](Cc3ccccc3)CCN(Cc3c(F)cc(Cl)cc3Oc3ccc(-n4cnc(CN5CCCC5)c4C)cc3)[C@@H](C)CN1)C2. The first-order valence-corrected chi connectivity index (χ1v) is 24.1. The number of fused-ring (bicyclic) bond motifs is 2. The van der Waals surface area contributed by atoms with Crippen LogP contribution in [0, 0.1) is 18.7 Å². The van der Waals surface area contributed by atoms with Crippen LogP contribution in [0.5, 0.6) is 11.5 Å². The lowest BCUT2D eigenvalue weighted by atomic mass is 9.82. The summed E-state index contributed by atoms with van der Waals surface area (Å²) in [6, 6.07) is 30.5. The van der Waals surface area contributed by atoms with E-state index >= 15 is 4.39 Å². The van der Waals surface area contributed by atoms with Crippen molar-refractivity contribution in [3.63, 3.8) is 0 Å². The van der Waals surface area contributed by atoms with Gasteiger partial charge >= 0.3 is 0 Å². The Bertz CT molecular complexity index is 2240. The number of ether oxygens (including phenoxy) is 2. The Kier molecular flexibility index (Phi) is 16.1. The predicted molar refractivity (Wildman–Crippen MR) is 258 cm³/mol. The maximum atomic E-state index is 16.3. The molecule has 12 heteroatoms. The number of benzene rings is 4. The number of aromatic nitrogens is 2. The van der Waals surface area contributed by atoms with Crippen LogP contribution >= 0.6 is 23.2 Å². The highest BCUT2D eigenvalue weighted by Gasteiger charge is 2.37. The zero-order chi connectivity index (χ0) is 44.5. The molecule has 8 rings (SSSR count). The number of halogens is 3. The maximum absolute atomic E-state index is 16.3. The third kappa shape index (κ3) is 12.3. The molecule has 0 aliphatic carbocycles. The summed E-state index contributed by atoms with van der Waals surface area (Å²) in [4.78, 5) is 12.3. The van der Waals surface area contributed by atoms with Crippen LogP contribution in [0.1, 0.15) is 67.1 Å². The summed E-state index contributed by atoms with van der Waals surface area (Å²) in [7, 11) is 1.77. The molecule has 5 aromatic rings. The summed E-state index contributed by atoms with van der Waals surface area (Å²) in [5.41, 5.74) is 6.29. The molecule has 0 amide bonds. The van der Waals surface area contributed by atoms with Gasteiger partial charge in [-0.3, -0.25) is 9.80 Å². The molecule has 1 aromatic heterocycles. The second-order valence-corrected chi connectivity index (χ2v) is 19.5. The van der Waals surface area contributed by atoms with Crippen molar-refractivity contribution in [1.29, 1.82) is 0 Å². The first kappa shape index (κ1) is 46.7. The Hall–Kier alpha value is -3.84. The van der Waals surface area contributed by atoms with Crippen molar-refractivity contribution in [3.05, 3.63) is 141 Å². The van der Waals surface area contributed by atoms with Crippen LogP contribution < -0.4 is 15.4 Å². The molecule has 4 heterocycles. The highest BCUT2D eigenvalue weighted by atomic mass is 35.5. The number of nitrogens with one attached hydrogen (secondary N) is 2. The Morgan fingerprint density at radius 2 is 1.64 bits per heavy atom. The van der Waals surface area contributed by atoms with Crippen LogP contribution in [0.15, 0.2) is 97.3 Å². The molecule has 3 aliphatic heterocycles. The average Bonchev–Trinajstić information content (AvgIpc) is 3.94. The van der Waals surface area contributed by atoms with E-state index in [1.807, 2.05) is 42.7 Å². The van der Waals surface area contributed by atoms with Crippen molar-refractivity contribution in [3.8, 4) is 17.2 Å². The smallest absolute Gasteiger partial charge is 0.136 e. The van der Waals surface area contributed by atoms with E-state index in [-0.39, 0.29) is 23.4 Å². The van der Waals surface area contributed by atoms with Crippen LogP contribution in [-0.4, -0.2) is 108 Å². The van der Waals surface area contributed by atoms with E-state index in [0.29, 0.717) is 47.7 Å². The van der Waals surface area contributed by atoms with Crippen molar-refractivity contribution in [1.82, 2.24) is 34.9 Å². The Morgan fingerprint density at radius 3 is 2.41 bits per heavy atom. The Morgan fingerprint density at radius 1 is 0.859 bits per heavy atom. The van der Waals surface area contributed by atoms with Gasteiger partial charge in [-0.25, -0.2) is 9.37 Å². The number of hydrogen-bond donors (Lipinski definition) is 2. The second-order valence-electron chi connectivity index (χ2n) is 18.6. The molecule has 0 spiro atoms. The fraction of sp³-hybridized carbons (Fsp3) is 0.481. The molecule has 0 saturated carbocycles. The molecule has 2 bridgehead atoms. The van der Waals surface area contributed by atoms with E-state index in [1.54, 1.807) is 13.2 Å². The largest absolute Gasteiger partial charge is 0.457 e. The standard InChI is InChI=1S/C52H66Cl2FN7O2/c1-38-30-56-45(35-63-3)31-58-52(29-41-12-14-43(53)15-13-41)21-9-24-60(36-52)32-42(26-40-10-5-4-6-11-40)20-25-61(38)33-48-49(55)27-44(54)28-51(48)64-47-18-16-46(17-19-47)62-37-57-50(39(62)2)34-59-22-7-8-23-59/h4-6,10-19,27-28,37-38,42,45,56,58H,7-9,20-26,29-36H2,1-3H3/t38-,42-,45-,52+/m0/s1. The third-order valence-corrected chi connectivity index (χ3v) is 14.2. The van der Waals surface area contributed by atoms with Crippen LogP contribution in [-0.2, 0) is 30.7 Å². The molecular formula is C52H66Cl2FN7O2. The normalized spacial score (nSPS) is 24.1. The highest BCUT2D eigenvalue weighted by molar-refractivity contribution is 6.31. The van der Waals surface area contributed by atoms with E-state index in [1.165, 1.54) is 30.0 Å². The van der Waals surface area contributed by atoms with Crippen molar-refractivity contribution < 1.29 is 13.9 Å². The molecule has 9 nitrogen and oxygen atoms in total. The molecule has 5 atom stereocenters. The van der Waals surface area contributed by atoms with Crippen LogP contribution in [0.25, 0.3) is 5.69 Å². The summed E-state index contributed by atoms with van der Waals surface area (Å²) < 4.78 is 30.8. The van der Waals surface area contributed by atoms with Gasteiger partial charge < -0.3 is 29.6 Å². The topological polar surface area (TPSA) is 70.1 Å². The Balaban J connectivity index is 1.03. The second kappa shape index (κ2) is 22.1. The van der Waals surface area contributed by atoms with Gasteiger partial charge in [-0.15, -0.1) is 0 Å². The molecule has 2 N–H and O–H groups in total. The van der Waals surface area contributed by atoms with E-state index in [0.717, 1.165) is 107 Å². The van der Waals surface area contributed by atoms with Crippen LogP contribution in [0.2, 0.25) is 10.0 Å². The van der Waals surface area contributed by atoms with Gasteiger partial charge in [0.25, 0.3) is 0 Å². The van der Waals surface area contributed by atoms with Crippen molar-refractivity contribution in [2.75, 3.05) is 66.1 Å². The number of methoxy groups -OCH3 is 1. The predicted octanol–water partition coefficient (Wildman–Crippen LogP) is 9.74. The number of imidazole rings is 1. The van der Waals surface area contributed by atoms with E-state index in [9.17, 15) is 0 Å². The number of piperidine rings is 1. The van der Waals surface area contributed by atoms with Gasteiger partial charge in [0.15, 0.2) is 0 Å². The van der Waals surface area contributed by atoms with Gasteiger partial charge in [-0.2, -0.15) is 0 Å². The lowest BCUT2D eigenvalue weighted by molar-refractivity contribution is 0.0845. The molecule has 4 aromatic carbocycles. The van der Waals surface area contributed by atoms with Gasteiger partial charge in [0.2, 0.25) is 0 Å². The van der Waals surface area contributed by atoms with Crippen LogP contribution in [0.4, 0.5) is 4.39 Å².